The minimum atomic E-state index is -1.31. The molecule has 9 heteroatoms. The summed E-state index contributed by atoms with van der Waals surface area (Å²) >= 11 is 0. The maximum Gasteiger partial charge on any atom is 0.326 e. The number of carbonyl (C=O) groups is 3. The van der Waals surface area contributed by atoms with Crippen molar-refractivity contribution in [2.45, 2.75) is 18.9 Å². The van der Waals surface area contributed by atoms with Crippen LogP contribution < -0.4 is 11.1 Å². The maximum absolute atomic E-state index is 12.0. The monoisotopic (exact) mass is 302 g/mol. The van der Waals surface area contributed by atoms with Gasteiger partial charge in [0.1, 0.15) is 6.04 Å². The van der Waals surface area contributed by atoms with E-state index in [4.69, 9.17) is 15.9 Å². The number of carboxylic acids is 1. The van der Waals surface area contributed by atoms with Gasteiger partial charge in [0, 0.05) is 26.2 Å². The summed E-state index contributed by atoms with van der Waals surface area (Å²) in [5.74, 6) is -2.08. The van der Waals surface area contributed by atoms with Crippen LogP contribution in [0.3, 0.4) is 0 Å². The lowest BCUT2D eigenvalue weighted by molar-refractivity contribution is -0.140. The van der Waals surface area contributed by atoms with E-state index < -0.39 is 30.4 Å². The van der Waals surface area contributed by atoms with Gasteiger partial charge in [-0.2, -0.15) is 0 Å². The molecule has 1 aliphatic heterocycles. The van der Waals surface area contributed by atoms with Crippen molar-refractivity contribution >= 4 is 17.9 Å². The van der Waals surface area contributed by atoms with Crippen LogP contribution in [0, 0.1) is 0 Å². The molecule has 0 aromatic carbocycles. The zero-order chi connectivity index (χ0) is 15.8. The standard InChI is InChI=1S/C12H22N4O5/c13-10(18)8-9(11(19)20)14-12(21)16-3-1-2-15(4-5-16)6-7-17/h9,17H,1-8H2,(H2,13,18)(H,14,21)(H,19,20)/t9-/m0/s1. The summed E-state index contributed by atoms with van der Waals surface area (Å²) in [5.41, 5.74) is 4.96. The molecule has 1 atom stereocenters. The number of aliphatic hydroxyl groups excluding tert-OH is 1. The fourth-order valence-corrected chi connectivity index (χ4v) is 2.18. The van der Waals surface area contributed by atoms with Crippen molar-refractivity contribution in [2.24, 2.45) is 5.73 Å². The number of hydrogen-bond donors (Lipinski definition) is 4. The molecule has 0 unspecified atom stereocenters. The van der Waals surface area contributed by atoms with Crippen molar-refractivity contribution in [2.75, 3.05) is 39.3 Å². The van der Waals surface area contributed by atoms with E-state index in [2.05, 4.69) is 5.32 Å². The number of rotatable bonds is 6. The molecule has 3 amide bonds. The molecule has 120 valence electrons. The predicted octanol–water partition coefficient (Wildman–Crippen LogP) is -1.98. The number of carbonyl (C=O) groups excluding carboxylic acids is 2. The van der Waals surface area contributed by atoms with Gasteiger partial charge in [-0.15, -0.1) is 0 Å². The van der Waals surface area contributed by atoms with Gasteiger partial charge < -0.3 is 26.2 Å². The van der Waals surface area contributed by atoms with Crippen molar-refractivity contribution in [1.29, 1.82) is 0 Å². The van der Waals surface area contributed by atoms with Crippen molar-refractivity contribution in [3.05, 3.63) is 0 Å². The molecule has 5 N–H and O–H groups in total. The van der Waals surface area contributed by atoms with E-state index in [0.717, 1.165) is 13.0 Å². The highest BCUT2D eigenvalue weighted by atomic mass is 16.4. The van der Waals surface area contributed by atoms with E-state index in [1.165, 1.54) is 4.90 Å². The van der Waals surface area contributed by atoms with Gasteiger partial charge in [0.15, 0.2) is 0 Å². The van der Waals surface area contributed by atoms with Crippen LogP contribution in [0.5, 0.6) is 0 Å². The molecule has 21 heavy (non-hydrogen) atoms. The summed E-state index contributed by atoms with van der Waals surface area (Å²) in [7, 11) is 0. The van der Waals surface area contributed by atoms with E-state index in [1.54, 1.807) is 0 Å². The second-order valence-corrected chi connectivity index (χ2v) is 4.92. The summed E-state index contributed by atoms with van der Waals surface area (Å²) in [6.07, 6.45) is 0.298. The Balaban J connectivity index is 2.53. The Kier molecular flexibility index (Phi) is 6.89. The van der Waals surface area contributed by atoms with Gasteiger partial charge in [-0.05, 0) is 13.0 Å². The van der Waals surface area contributed by atoms with Crippen LogP contribution in [0.1, 0.15) is 12.8 Å². The van der Waals surface area contributed by atoms with Crippen molar-refractivity contribution < 1.29 is 24.6 Å². The number of hydrogen-bond acceptors (Lipinski definition) is 5. The quantitative estimate of drug-likeness (QED) is 0.449. The molecule has 1 rings (SSSR count). The first-order chi connectivity index (χ1) is 9.93. The van der Waals surface area contributed by atoms with Gasteiger partial charge in [0.25, 0.3) is 0 Å². The van der Waals surface area contributed by atoms with Crippen LogP contribution in [0.2, 0.25) is 0 Å². The van der Waals surface area contributed by atoms with Gasteiger partial charge in [-0.1, -0.05) is 0 Å². The molecule has 0 saturated carbocycles. The number of aliphatic carboxylic acids is 1. The molecule has 0 aliphatic carbocycles. The number of urea groups is 1. The number of nitrogens with zero attached hydrogens (tertiary/aromatic N) is 2. The van der Waals surface area contributed by atoms with Crippen molar-refractivity contribution in [3.63, 3.8) is 0 Å². The van der Waals surface area contributed by atoms with Crippen LogP contribution in [0.15, 0.2) is 0 Å². The summed E-state index contributed by atoms with van der Waals surface area (Å²) in [5, 5.41) is 20.2. The Bertz CT molecular complexity index is 390. The van der Waals surface area contributed by atoms with Gasteiger partial charge in [0.2, 0.25) is 5.91 Å². The fraction of sp³-hybridized carbons (Fsp3) is 0.750. The lowest BCUT2D eigenvalue weighted by Gasteiger charge is -2.23. The Hall–Kier alpha value is -1.87. The third kappa shape index (κ3) is 5.96. The van der Waals surface area contributed by atoms with E-state index >= 15 is 0 Å². The Morgan fingerprint density at radius 3 is 2.48 bits per heavy atom. The molecular formula is C12H22N4O5. The molecule has 9 nitrogen and oxygen atoms in total. The molecule has 1 aliphatic rings. The topological polar surface area (TPSA) is 136 Å². The van der Waals surface area contributed by atoms with E-state index in [-0.39, 0.29) is 6.61 Å². The highest BCUT2D eigenvalue weighted by Crippen LogP contribution is 2.04. The molecular weight excluding hydrogens is 280 g/mol. The van der Waals surface area contributed by atoms with Gasteiger partial charge in [-0.3, -0.25) is 9.69 Å². The second kappa shape index (κ2) is 8.42. The minimum absolute atomic E-state index is 0.0614. The highest BCUT2D eigenvalue weighted by molar-refractivity contribution is 5.87. The van der Waals surface area contributed by atoms with Crippen LogP contribution in [-0.2, 0) is 9.59 Å². The first-order valence-electron chi connectivity index (χ1n) is 6.83. The largest absolute Gasteiger partial charge is 0.480 e. The van der Waals surface area contributed by atoms with E-state index in [9.17, 15) is 14.4 Å². The van der Waals surface area contributed by atoms with Crippen LogP contribution in [0.25, 0.3) is 0 Å². The molecule has 0 aromatic heterocycles. The van der Waals surface area contributed by atoms with Crippen LogP contribution in [0.4, 0.5) is 4.79 Å². The number of primary amides is 1. The zero-order valence-electron chi connectivity index (χ0n) is 11.8. The number of β-amino-alcohol motifs (C(OH)–C–C–N with tert-alkyl or cyclic N) is 1. The molecule has 0 spiro atoms. The van der Waals surface area contributed by atoms with Crippen LogP contribution >= 0.6 is 0 Å². The number of amides is 3. The summed E-state index contributed by atoms with van der Waals surface area (Å²) in [6, 6.07) is -1.83. The van der Waals surface area contributed by atoms with Gasteiger partial charge >= 0.3 is 12.0 Å². The molecule has 0 radical (unpaired) electrons. The highest BCUT2D eigenvalue weighted by Gasteiger charge is 2.26. The molecule has 0 bridgehead atoms. The Labute approximate surface area is 122 Å². The average molecular weight is 302 g/mol. The molecule has 1 heterocycles. The molecule has 0 aromatic rings. The summed E-state index contributed by atoms with van der Waals surface area (Å²) in [6.45, 7) is 2.93. The van der Waals surface area contributed by atoms with Crippen molar-refractivity contribution in [3.8, 4) is 0 Å². The third-order valence-electron chi connectivity index (χ3n) is 3.29. The lowest BCUT2D eigenvalue weighted by atomic mass is 10.2. The number of nitrogens with one attached hydrogen (secondary N) is 1. The van der Waals surface area contributed by atoms with E-state index in [0.29, 0.717) is 26.2 Å². The predicted molar refractivity (Wildman–Crippen MR) is 73.5 cm³/mol. The minimum Gasteiger partial charge on any atom is -0.480 e. The lowest BCUT2D eigenvalue weighted by Crippen LogP contribution is -2.50. The third-order valence-corrected chi connectivity index (χ3v) is 3.29. The Morgan fingerprint density at radius 2 is 1.90 bits per heavy atom. The second-order valence-electron chi connectivity index (χ2n) is 4.92. The summed E-state index contributed by atoms with van der Waals surface area (Å²) in [4.78, 5) is 37.4. The fourth-order valence-electron chi connectivity index (χ4n) is 2.18. The molecule has 1 saturated heterocycles. The van der Waals surface area contributed by atoms with Crippen molar-refractivity contribution in [1.82, 2.24) is 15.1 Å². The zero-order valence-corrected chi connectivity index (χ0v) is 11.8. The molecule has 1 fully saturated rings. The maximum atomic E-state index is 12.0. The van der Waals surface area contributed by atoms with Gasteiger partial charge in [-0.25, -0.2) is 9.59 Å². The van der Waals surface area contributed by atoms with E-state index in [1.807, 2.05) is 4.90 Å². The van der Waals surface area contributed by atoms with Crippen LogP contribution in [-0.4, -0.2) is 83.3 Å². The number of carboxylic acid groups (broad SMARTS) is 1. The summed E-state index contributed by atoms with van der Waals surface area (Å²) < 4.78 is 0. The number of aliphatic hydroxyl groups is 1. The smallest absolute Gasteiger partial charge is 0.326 e. The number of nitrogens with two attached hydrogens (primary N) is 1. The normalized spacial score (nSPS) is 17.9. The Morgan fingerprint density at radius 1 is 1.19 bits per heavy atom. The first-order valence-corrected chi connectivity index (χ1v) is 6.83. The first kappa shape index (κ1) is 17.2. The average Bonchev–Trinajstić information content (AvgIpc) is 2.63. The SMILES string of the molecule is NC(=O)C[C@H](NC(=O)N1CCCN(CCO)CC1)C(=O)O. The van der Waals surface area contributed by atoms with Gasteiger partial charge in [0.05, 0.1) is 13.0 Å².